The van der Waals surface area contributed by atoms with Crippen LogP contribution in [-0.4, -0.2) is 37.6 Å². The number of fused-ring (bicyclic) bond motifs is 1. The summed E-state index contributed by atoms with van der Waals surface area (Å²) >= 11 is 0. The lowest BCUT2D eigenvalue weighted by Crippen LogP contribution is -2.25. The van der Waals surface area contributed by atoms with Gasteiger partial charge in [-0.05, 0) is 73.4 Å². The maximum atomic E-state index is 8.99. The molecule has 4 heteroatoms. The van der Waals surface area contributed by atoms with E-state index >= 15 is 0 Å². The summed E-state index contributed by atoms with van der Waals surface area (Å²) in [5.74, 6) is 1.28. The summed E-state index contributed by atoms with van der Waals surface area (Å²) in [6, 6.07) is 16.7. The molecule has 0 aliphatic heterocycles. The number of rotatable bonds is 11. The van der Waals surface area contributed by atoms with Crippen LogP contribution in [0.15, 0.2) is 48.5 Å². The zero-order valence-electron chi connectivity index (χ0n) is 16.7. The highest BCUT2D eigenvalue weighted by Gasteiger charge is 2.20. The Morgan fingerprint density at radius 3 is 2.68 bits per heavy atom. The minimum atomic E-state index is 0.263. The van der Waals surface area contributed by atoms with Gasteiger partial charge in [0.1, 0.15) is 12.4 Å². The molecule has 3 N–H and O–H groups in total. The van der Waals surface area contributed by atoms with Gasteiger partial charge in [-0.15, -0.1) is 0 Å². The number of nitrogens with two attached hydrogens (primary N) is 1. The van der Waals surface area contributed by atoms with Gasteiger partial charge in [0.2, 0.25) is 0 Å². The molecule has 2 atom stereocenters. The maximum Gasteiger partial charge on any atom is 0.119 e. The van der Waals surface area contributed by atoms with Gasteiger partial charge in [0, 0.05) is 6.61 Å². The monoisotopic (exact) mass is 383 g/mol. The van der Waals surface area contributed by atoms with Crippen LogP contribution in [0, 0.1) is 0 Å². The first-order valence-electron chi connectivity index (χ1n) is 10.5. The number of aliphatic hydroxyl groups is 1. The number of ether oxygens (including phenoxy) is 2. The maximum absolute atomic E-state index is 8.99. The summed E-state index contributed by atoms with van der Waals surface area (Å²) in [6.45, 7) is 2.13. The molecule has 0 saturated carbocycles. The van der Waals surface area contributed by atoms with Gasteiger partial charge in [-0.3, -0.25) is 0 Å². The van der Waals surface area contributed by atoms with Crippen molar-refractivity contribution in [1.82, 2.24) is 0 Å². The van der Waals surface area contributed by atoms with E-state index in [9.17, 15) is 0 Å². The second-order valence-corrected chi connectivity index (χ2v) is 7.58. The van der Waals surface area contributed by atoms with Crippen LogP contribution >= 0.6 is 0 Å². The van der Waals surface area contributed by atoms with Crippen LogP contribution in [0.25, 0.3) is 0 Å². The second-order valence-electron chi connectivity index (χ2n) is 7.58. The van der Waals surface area contributed by atoms with Crippen molar-refractivity contribution in [2.24, 2.45) is 5.73 Å². The average Bonchev–Trinajstić information content (AvgIpc) is 2.75. The third kappa shape index (κ3) is 6.06. The Labute approximate surface area is 168 Å². The molecular weight excluding hydrogens is 350 g/mol. The standard InChI is InChI=1S/C24H33NO3/c25-18-22(6-4-5-13-26)20-9-10-21-17-24(12-11-19(21)16-20)28-15-14-27-23-7-2-1-3-8-23/h1-3,7-10,16,22,24,26H,4-6,11-15,17-18,25H2/t22-,24+/m0/s1. The van der Waals surface area contributed by atoms with Crippen LogP contribution in [0.1, 0.15) is 48.3 Å². The van der Waals surface area contributed by atoms with E-state index in [-0.39, 0.29) is 12.7 Å². The van der Waals surface area contributed by atoms with Crippen molar-refractivity contribution in [1.29, 1.82) is 0 Å². The molecule has 0 unspecified atom stereocenters. The van der Waals surface area contributed by atoms with E-state index in [0.29, 0.717) is 25.7 Å². The predicted octanol–water partition coefficient (Wildman–Crippen LogP) is 3.84. The third-order valence-corrected chi connectivity index (χ3v) is 5.58. The van der Waals surface area contributed by atoms with Gasteiger partial charge in [0.15, 0.2) is 0 Å². The molecule has 2 aromatic rings. The molecule has 4 nitrogen and oxygen atoms in total. The Bertz CT molecular complexity index is 704. The third-order valence-electron chi connectivity index (χ3n) is 5.58. The summed E-state index contributed by atoms with van der Waals surface area (Å²) in [4.78, 5) is 0. The molecule has 0 fully saturated rings. The van der Waals surface area contributed by atoms with Crippen LogP contribution in [0.5, 0.6) is 5.75 Å². The molecule has 152 valence electrons. The molecule has 0 saturated heterocycles. The fourth-order valence-corrected chi connectivity index (χ4v) is 3.95. The summed E-state index contributed by atoms with van der Waals surface area (Å²) in [5, 5.41) is 8.99. The van der Waals surface area contributed by atoms with E-state index in [2.05, 4.69) is 18.2 Å². The molecule has 3 rings (SSSR count). The van der Waals surface area contributed by atoms with Crippen molar-refractivity contribution in [3.63, 3.8) is 0 Å². The zero-order valence-corrected chi connectivity index (χ0v) is 16.7. The fraction of sp³-hybridized carbons (Fsp3) is 0.500. The SMILES string of the molecule is NC[C@H](CCCCO)c1ccc2c(c1)CC[C@@H](OCCOc1ccccc1)C2. The van der Waals surface area contributed by atoms with E-state index in [1.165, 1.54) is 16.7 Å². The molecule has 2 aromatic carbocycles. The molecule has 1 aliphatic carbocycles. The Morgan fingerprint density at radius 2 is 1.89 bits per heavy atom. The van der Waals surface area contributed by atoms with Gasteiger partial charge in [-0.2, -0.15) is 0 Å². The molecule has 28 heavy (non-hydrogen) atoms. The van der Waals surface area contributed by atoms with Crippen molar-refractivity contribution in [2.45, 2.75) is 50.5 Å². The molecule has 1 aliphatic rings. The zero-order chi connectivity index (χ0) is 19.6. The van der Waals surface area contributed by atoms with E-state index in [1.807, 2.05) is 30.3 Å². The van der Waals surface area contributed by atoms with Gasteiger partial charge >= 0.3 is 0 Å². The highest BCUT2D eigenvalue weighted by molar-refractivity contribution is 5.36. The normalized spacial score (nSPS) is 17.1. The largest absolute Gasteiger partial charge is 0.491 e. The summed E-state index contributed by atoms with van der Waals surface area (Å²) in [6.07, 6.45) is 6.28. The topological polar surface area (TPSA) is 64.7 Å². The second kappa shape index (κ2) is 11.2. The first-order chi connectivity index (χ1) is 13.8. The van der Waals surface area contributed by atoms with Gasteiger partial charge < -0.3 is 20.3 Å². The first-order valence-corrected chi connectivity index (χ1v) is 10.5. The minimum Gasteiger partial charge on any atom is -0.491 e. The molecule has 0 bridgehead atoms. The summed E-state index contributed by atoms with van der Waals surface area (Å²) < 4.78 is 11.8. The van der Waals surface area contributed by atoms with Crippen LogP contribution in [-0.2, 0) is 17.6 Å². The molecule has 0 aromatic heterocycles. The van der Waals surface area contributed by atoms with Crippen LogP contribution in [0.3, 0.4) is 0 Å². The Kier molecular flexibility index (Phi) is 8.34. The molecule has 0 heterocycles. The lowest BCUT2D eigenvalue weighted by molar-refractivity contribution is 0.0262. The first kappa shape index (κ1) is 20.8. The Morgan fingerprint density at radius 1 is 1.04 bits per heavy atom. The minimum absolute atomic E-state index is 0.263. The quantitative estimate of drug-likeness (QED) is 0.579. The van der Waals surface area contributed by atoms with E-state index in [0.717, 1.165) is 44.3 Å². The summed E-state index contributed by atoms with van der Waals surface area (Å²) in [5.41, 5.74) is 10.2. The van der Waals surface area contributed by atoms with Crippen molar-refractivity contribution >= 4 is 0 Å². The number of aryl methyl sites for hydroxylation is 1. The van der Waals surface area contributed by atoms with Crippen molar-refractivity contribution in [2.75, 3.05) is 26.4 Å². The van der Waals surface area contributed by atoms with Crippen LogP contribution < -0.4 is 10.5 Å². The highest BCUT2D eigenvalue weighted by Crippen LogP contribution is 2.28. The predicted molar refractivity (Wildman–Crippen MR) is 113 cm³/mol. The molecular formula is C24H33NO3. The molecule has 0 spiro atoms. The number of hydrogen-bond acceptors (Lipinski definition) is 4. The molecule has 0 radical (unpaired) electrons. The van der Waals surface area contributed by atoms with Crippen molar-refractivity contribution in [3.05, 3.63) is 65.2 Å². The van der Waals surface area contributed by atoms with Gasteiger partial charge in [0.05, 0.1) is 12.7 Å². The lowest BCUT2D eigenvalue weighted by Gasteiger charge is -2.26. The summed E-state index contributed by atoms with van der Waals surface area (Å²) in [7, 11) is 0. The highest BCUT2D eigenvalue weighted by atomic mass is 16.5. The number of benzene rings is 2. The Hall–Kier alpha value is -1.88. The van der Waals surface area contributed by atoms with Crippen molar-refractivity contribution < 1.29 is 14.6 Å². The number of para-hydroxylation sites is 1. The van der Waals surface area contributed by atoms with Crippen LogP contribution in [0.2, 0.25) is 0 Å². The average molecular weight is 384 g/mol. The van der Waals surface area contributed by atoms with Crippen LogP contribution in [0.4, 0.5) is 0 Å². The van der Waals surface area contributed by atoms with Crippen molar-refractivity contribution in [3.8, 4) is 5.75 Å². The van der Waals surface area contributed by atoms with E-state index in [4.69, 9.17) is 20.3 Å². The van der Waals surface area contributed by atoms with Gasteiger partial charge in [-0.25, -0.2) is 0 Å². The number of unbranched alkanes of at least 4 members (excludes halogenated alkanes) is 1. The number of hydrogen-bond donors (Lipinski definition) is 2. The lowest BCUT2D eigenvalue weighted by atomic mass is 9.85. The van der Waals surface area contributed by atoms with E-state index < -0.39 is 0 Å². The fourth-order valence-electron chi connectivity index (χ4n) is 3.95. The Balaban J connectivity index is 1.47. The van der Waals surface area contributed by atoms with E-state index in [1.54, 1.807) is 0 Å². The van der Waals surface area contributed by atoms with Gasteiger partial charge in [0.25, 0.3) is 0 Å². The smallest absolute Gasteiger partial charge is 0.119 e. The number of aliphatic hydroxyl groups excluding tert-OH is 1. The molecule has 0 amide bonds. The van der Waals surface area contributed by atoms with Gasteiger partial charge in [-0.1, -0.05) is 42.8 Å².